The maximum atomic E-state index is 12.4. The van der Waals surface area contributed by atoms with Crippen LogP contribution in [-0.2, 0) is 6.61 Å². The summed E-state index contributed by atoms with van der Waals surface area (Å²) in [7, 11) is 0. The lowest BCUT2D eigenvalue weighted by molar-refractivity contribution is 0.261. The summed E-state index contributed by atoms with van der Waals surface area (Å²) in [6.07, 6.45) is 1.70. The van der Waals surface area contributed by atoms with Crippen molar-refractivity contribution in [3.05, 3.63) is 99.6 Å². The largest absolute Gasteiger partial charge is 0.485 e. The molecule has 0 aliphatic heterocycles. The number of anilines is 2. The van der Waals surface area contributed by atoms with E-state index in [1.807, 2.05) is 19.1 Å². The Balaban J connectivity index is 1.48. The highest BCUT2D eigenvalue weighted by Gasteiger charge is 2.10. The van der Waals surface area contributed by atoms with Crippen molar-refractivity contribution in [1.82, 2.24) is 9.38 Å². The number of halogens is 1. The number of amides is 2. The van der Waals surface area contributed by atoms with Gasteiger partial charge in [-0.2, -0.15) is 0 Å². The third-order valence-corrected chi connectivity index (χ3v) is 4.70. The van der Waals surface area contributed by atoms with Crippen molar-refractivity contribution in [3.63, 3.8) is 0 Å². The van der Waals surface area contributed by atoms with Gasteiger partial charge >= 0.3 is 6.03 Å². The molecule has 4 aromatic rings. The number of hydrogen-bond donors (Lipinski definition) is 2. The van der Waals surface area contributed by atoms with Crippen molar-refractivity contribution in [2.24, 2.45) is 0 Å². The molecule has 0 unspecified atom stereocenters. The number of pyridine rings is 1. The average molecular weight is 435 g/mol. The van der Waals surface area contributed by atoms with E-state index in [2.05, 4.69) is 15.6 Å². The van der Waals surface area contributed by atoms with Gasteiger partial charge in [-0.15, -0.1) is 0 Å². The lowest BCUT2D eigenvalue weighted by Gasteiger charge is -2.13. The summed E-state index contributed by atoms with van der Waals surface area (Å²) in [6, 6.07) is 18.6. The van der Waals surface area contributed by atoms with Gasteiger partial charge in [0.1, 0.15) is 18.0 Å². The number of fused-ring (bicyclic) bond motifs is 1. The van der Waals surface area contributed by atoms with E-state index < -0.39 is 6.03 Å². The van der Waals surface area contributed by atoms with Gasteiger partial charge in [-0.1, -0.05) is 29.8 Å². The zero-order chi connectivity index (χ0) is 21.8. The molecule has 2 heterocycles. The molecule has 0 radical (unpaired) electrons. The molecule has 0 aliphatic carbocycles. The van der Waals surface area contributed by atoms with E-state index in [1.54, 1.807) is 54.7 Å². The quantitative estimate of drug-likeness (QED) is 0.469. The van der Waals surface area contributed by atoms with Crippen LogP contribution in [0, 0.1) is 6.92 Å². The molecule has 0 spiro atoms. The van der Waals surface area contributed by atoms with Gasteiger partial charge < -0.3 is 15.4 Å². The predicted octanol–water partition coefficient (Wildman–Crippen LogP) is 4.88. The molecule has 0 aliphatic rings. The van der Waals surface area contributed by atoms with E-state index in [4.69, 9.17) is 16.3 Å². The number of rotatable bonds is 5. The van der Waals surface area contributed by atoms with Crippen molar-refractivity contribution in [1.29, 1.82) is 0 Å². The summed E-state index contributed by atoms with van der Waals surface area (Å²) >= 11 is 5.95. The first-order chi connectivity index (χ1) is 15.0. The number of aromatic nitrogens is 2. The molecule has 31 heavy (non-hydrogen) atoms. The highest BCUT2D eigenvalue weighted by molar-refractivity contribution is 6.30. The van der Waals surface area contributed by atoms with Gasteiger partial charge in [-0.05, 0) is 55.0 Å². The smallest absolute Gasteiger partial charge is 0.323 e. The van der Waals surface area contributed by atoms with E-state index in [9.17, 15) is 9.59 Å². The highest BCUT2D eigenvalue weighted by Crippen LogP contribution is 2.25. The Labute approximate surface area is 183 Å². The summed E-state index contributed by atoms with van der Waals surface area (Å²) in [4.78, 5) is 29.2. The molecule has 2 aromatic carbocycles. The Morgan fingerprint density at radius 2 is 1.90 bits per heavy atom. The van der Waals surface area contributed by atoms with E-state index in [-0.39, 0.29) is 12.2 Å². The second kappa shape index (κ2) is 8.89. The molecule has 2 aromatic heterocycles. The Morgan fingerprint density at radius 3 is 2.74 bits per heavy atom. The van der Waals surface area contributed by atoms with Crippen LogP contribution in [0.1, 0.15) is 11.3 Å². The molecule has 0 fully saturated rings. The van der Waals surface area contributed by atoms with Crippen LogP contribution in [0.15, 0.2) is 77.7 Å². The summed E-state index contributed by atoms with van der Waals surface area (Å²) in [5, 5.41) is 6.00. The Kier molecular flexibility index (Phi) is 5.86. The number of nitrogens with zero attached hydrogens (tertiary/aromatic N) is 2. The number of carbonyl (C=O) groups is 1. The fraction of sp³-hybridized carbons (Fsp3) is 0.0870. The van der Waals surface area contributed by atoms with Crippen molar-refractivity contribution < 1.29 is 9.53 Å². The zero-order valence-corrected chi connectivity index (χ0v) is 17.4. The van der Waals surface area contributed by atoms with Crippen LogP contribution in [0.25, 0.3) is 5.65 Å². The Bertz CT molecular complexity index is 1320. The van der Waals surface area contributed by atoms with Gasteiger partial charge in [-0.25, -0.2) is 9.78 Å². The molecule has 0 atom stereocenters. The topological polar surface area (TPSA) is 84.7 Å². The second-order valence-corrected chi connectivity index (χ2v) is 7.33. The zero-order valence-electron chi connectivity index (χ0n) is 16.6. The van der Waals surface area contributed by atoms with Gasteiger partial charge in [0, 0.05) is 23.0 Å². The minimum absolute atomic E-state index is 0.0777. The van der Waals surface area contributed by atoms with Crippen LogP contribution in [-0.4, -0.2) is 15.4 Å². The van der Waals surface area contributed by atoms with E-state index >= 15 is 0 Å². The minimum Gasteiger partial charge on any atom is -0.485 e. The highest BCUT2D eigenvalue weighted by atomic mass is 35.5. The van der Waals surface area contributed by atoms with Crippen LogP contribution in [0.3, 0.4) is 0 Å². The molecule has 0 bridgehead atoms. The molecular formula is C23H19ClN4O3. The van der Waals surface area contributed by atoms with Crippen LogP contribution >= 0.6 is 11.6 Å². The molecule has 156 valence electrons. The number of aryl methyl sites for hydroxylation is 1. The van der Waals surface area contributed by atoms with Gasteiger partial charge in [-0.3, -0.25) is 9.20 Å². The maximum Gasteiger partial charge on any atom is 0.323 e. The molecule has 8 heteroatoms. The number of benzene rings is 2. The predicted molar refractivity (Wildman–Crippen MR) is 121 cm³/mol. The van der Waals surface area contributed by atoms with Crippen LogP contribution < -0.4 is 20.9 Å². The average Bonchev–Trinajstić information content (AvgIpc) is 2.73. The molecule has 0 saturated heterocycles. The van der Waals surface area contributed by atoms with E-state index in [0.717, 1.165) is 5.56 Å². The standard InChI is InChI=1S/C23H19ClN4O3/c1-15-9-10-28-21(11-15)25-18(13-22(28)29)14-31-20-8-3-2-7-19(20)27-23(30)26-17-6-4-5-16(24)12-17/h2-13H,14H2,1H3,(H2,26,27,30). The van der Waals surface area contributed by atoms with Crippen molar-refractivity contribution >= 4 is 34.7 Å². The summed E-state index contributed by atoms with van der Waals surface area (Å²) in [6.45, 7) is 2.01. The minimum atomic E-state index is -0.434. The second-order valence-electron chi connectivity index (χ2n) is 6.89. The van der Waals surface area contributed by atoms with Gasteiger partial charge in [0.2, 0.25) is 0 Å². The maximum absolute atomic E-state index is 12.4. The fourth-order valence-corrected chi connectivity index (χ4v) is 3.22. The summed E-state index contributed by atoms with van der Waals surface area (Å²) < 4.78 is 7.33. The lowest BCUT2D eigenvalue weighted by atomic mass is 10.3. The van der Waals surface area contributed by atoms with Crippen LogP contribution in [0.4, 0.5) is 16.2 Å². The molecule has 7 nitrogen and oxygen atoms in total. The first-order valence-corrected chi connectivity index (χ1v) is 9.90. The molecule has 0 saturated carbocycles. The summed E-state index contributed by atoms with van der Waals surface area (Å²) in [5.74, 6) is 0.454. The van der Waals surface area contributed by atoms with Crippen molar-refractivity contribution in [3.8, 4) is 5.75 Å². The Morgan fingerprint density at radius 1 is 1.06 bits per heavy atom. The fourth-order valence-electron chi connectivity index (χ4n) is 3.03. The Hall–Kier alpha value is -3.84. The molecular weight excluding hydrogens is 416 g/mol. The first-order valence-electron chi connectivity index (χ1n) is 9.52. The van der Waals surface area contributed by atoms with E-state index in [0.29, 0.717) is 33.5 Å². The third-order valence-electron chi connectivity index (χ3n) is 4.47. The van der Waals surface area contributed by atoms with Gasteiger partial charge in [0.25, 0.3) is 5.56 Å². The number of hydrogen-bond acceptors (Lipinski definition) is 4. The number of carbonyl (C=O) groups excluding carboxylic acids is 1. The monoisotopic (exact) mass is 434 g/mol. The van der Waals surface area contributed by atoms with Crippen molar-refractivity contribution in [2.75, 3.05) is 10.6 Å². The molecule has 2 N–H and O–H groups in total. The third kappa shape index (κ3) is 5.02. The van der Waals surface area contributed by atoms with E-state index in [1.165, 1.54) is 10.5 Å². The van der Waals surface area contributed by atoms with Crippen LogP contribution in [0.2, 0.25) is 5.02 Å². The van der Waals surface area contributed by atoms with Crippen molar-refractivity contribution in [2.45, 2.75) is 13.5 Å². The number of ether oxygens (including phenoxy) is 1. The first kappa shape index (κ1) is 20.4. The summed E-state index contributed by atoms with van der Waals surface area (Å²) in [5.41, 5.74) is 2.92. The van der Waals surface area contributed by atoms with Gasteiger partial charge in [0.05, 0.1) is 11.4 Å². The van der Waals surface area contributed by atoms with Crippen LogP contribution in [0.5, 0.6) is 5.75 Å². The SMILES string of the molecule is Cc1ccn2c(=O)cc(COc3ccccc3NC(=O)Nc3cccc(Cl)c3)nc2c1. The normalized spacial score (nSPS) is 10.6. The molecule has 4 rings (SSSR count). The molecule has 2 amide bonds. The number of urea groups is 1. The number of nitrogens with one attached hydrogen (secondary N) is 2. The lowest BCUT2D eigenvalue weighted by Crippen LogP contribution is -2.20. The van der Waals surface area contributed by atoms with Gasteiger partial charge in [0.15, 0.2) is 0 Å². The number of para-hydroxylation sites is 2.